The lowest BCUT2D eigenvalue weighted by atomic mass is 9.98. The molecule has 1 saturated heterocycles. The molecule has 3 rings (SSSR count). The van der Waals surface area contributed by atoms with Crippen LogP contribution in [0, 0.1) is 5.92 Å². The summed E-state index contributed by atoms with van der Waals surface area (Å²) >= 11 is 0. The molecule has 2 heterocycles. The lowest BCUT2D eigenvalue weighted by Crippen LogP contribution is -2.24. The first-order chi connectivity index (χ1) is 10.1. The van der Waals surface area contributed by atoms with Gasteiger partial charge in [-0.25, -0.2) is 4.79 Å². The van der Waals surface area contributed by atoms with E-state index in [9.17, 15) is 4.79 Å². The molecule has 0 spiro atoms. The van der Waals surface area contributed by atoms with Crippen LogP contribution in [0.25, 0.3) is 5.69 Å². The smallest absolute Gasteiger partial charge is 0.330 e. The minimum Gasteiger partial charge on any atom is -0.330 e. The number of likely N-dealkylation sites (tertiary alicyclic amines) is 1. The Morgan fingerprint density at radius 3 is 2.62 bits per heavy atom. The summed E-state index contributed by atoms with van der Waals surface area (Å²) in [6, 6.07) is 8.47. The molecule has 5 nitrogen and oxygen atoms in total. The van der Waals surface area contributed by atoms with Crippen molar-refractivity contribution in [2.75, 3.05) is 20.1 Å². The van der Waals surface area contributed by atoms with E-state index < -0.39 is 0 Å². The second kappa shape index (κ2) is 5.50. The van der Waals surface area contributed by atoms with Crippen LogP contribution in [-0.4, -0.2) is 34.2 Å². The summed E-state index contributed by atoms with van der Waals surface area (Å²) in [4.78, 5) is 14.6. The van der Waals surface area contributed by atoms with Gasteiger partial charge in [0, 0.05) is 32.0 Å². The number of nitrogens with two attached hydrogens (primary N) is 1. The van der Waals surface area contributed by atoms with Crippen molar-refractivity contribution in [1.82, 2.24) is 14.0 Å². The van der Waals surface area contributed by atoms with E-state index >= 15 is 0 Å². The molecule has 2 unspecified atom stereocenters. The van der Waals surface area contributed by atoms with Crippen LogP contribution >= 0.6 is 0 Å². The third kappa shape index (κ3) is 2.43. The van der Waals surface area contributed by atoms with E-state index in [1.807, 2.05) is 24.4 Å². The number of nitrogens with zero attached hydrogens (tertiary/aromatic N) is 3. The van der Waals surface area contributed by atoms with Crippen molar-refractivity contribution in [2.45, 2.75) is 12.5 Å². The van der Waals surface area contributed by atoms with Crippen LogP contribution in [0.2, 0.25) is 0 Å². The molecule has 1 aromatic carbocycles. The molecule has 0 saturated carbocycles. The number of hydrogen-bond acceptors (Lipinski definition) is 3. The molecule has 1 aromatic heterocycles. The molecule has 1 aliphatic rings. The first-order valence-corrected chi connectivity index (χ1v) is 7.35. The van der Waals surface area contributed by atoms with Gasteiger partial charge in [-0.15, -0.1) is 0 Å². The fourth-order valence-corrected chi connectivity index (χ4v) is 3.28. The maximum Gasteiger partial charge on any atom is 0.332 e. The van der Waals surface area contributed by atoms with Crippen molar-refractivity contribution in [3.05, 3.63) is 52.7 Å². The van der Waals surface area contributed by atoms with Crippen molar-refractivity contribution >= 4 is 0 Å². The maximum absolute atomic E-state index is 12.2. The molecule has 0 bridgehead atoms. The van der Waals surface area contributed by atoms with Crippen LogP contribution < -0.4 is 11.4 Å². The molecule has 0 aliphatic carbocycles. The van der Waals surface area contributed by atoms with E-state index in [4.69, 9.17) is 5.73 Å². The highest BCUT2D eigenvalue weighted by molar-refractivity contribution is 5.43. The van der Waals surface area contributed by atoms with Crippen molar-refractivity contribution in [3.8, 4) is 5.69 Å². The number of benzene rings is 1. The van der Waals surface area contributed by atoms with Crippen LogP contribution in [0.1, 0.15) is 18.0 Å². The van der Waals surface area contributed by atoms with Gasteiger partial charge in [0.25, 0.3) is 0 Å². The zero-order valence-electron chi connectivity index (χ0n) is 12.6. The van der Waals surface area contributed by atoms with Crippen molar-refractivity contribution < 1.29 is 0 Å². The molecule has 5 heteroatoms. The van der Waals surface area contributed by atoms with Gasteiger partial charge < -0.3 is 10.3 Å². The molecule has 0 radical (unpaired) electrons. The van der Waals surface area contributed by atoms with Crippen molar-refractivity contribution in [1.29, 1.82) is 0 Å². The molecule has 2 N–H and O–H groups in total. The van der Waals surface area contributed by atoms with E-state index in [1.165, 1.54) is 5.56 Å². The van der Waals surface area contributed by atoms with Gasteiger partial charge in [-0.1, -0.05) is 18.2 Å². The summed E-state index contributed by atoms with van der Waals surface area (Å²) < 4.78 is 3.32. The van der Waals surface area contributed by atoms with Gasteiger partial charge in [-0.2, -0.15) is 0 Å². The second-order valence-electron chi connectivity index (χ2n) is 5.91. The third-order valence-corrected chi connectivity index (χ3v) is 4.47. The molecule has 2 aromatic rings. The summed E-state index contributed by atoms with van der Waals surface area (Å²) in [5.74, 6) is 0.528. The fraction of sp³-hybridized carbons (Fsp3) is 0.438. The Labute approximate surface area is 124 Å². The average Bonchev–Trinajstić information content (AvgIpc) is 3.03. The van der Waals surface area contributed by atoms with Crippen molar-refractivity contribution in [2.24, 2.45) is 18.7 Å². The lowest BCUT2D eigenvalue weighted by Gasteiger charge is -2.22. The van der Waals surface area contributed by atoms with E-state index in [0.29, 0.717) is 18.5 Å². The monoisotopic (exact) mass is 286 g/mol. The Morgan fingerprint density at radius 2 is 2.00 bits per heavy atom. The van der Waals surface area contributed by atoms with Crippen molar-refractivity contribution in [3.63, 3.8) is 0 Å². The molecule has 112 valence electrons. The zero-order valence-corrected chi connectivity index (χ0v) is 12.6. The lowest BCUT2D eigenvalue weighted by molar-refractivity contribution is 0.313. The SMILES string of the molecule is CN1CC(CN)CC1c1ccccc1-n1ccn(C)c1=O. The number of para-hydroxylation sites is 1. The van der Waals surface area contributed by atoms with Crippen LogP contribution in [0.4, 0.5) is 0 Å². The zero-order chi connectivity index (χ0) is 15.0. The number of aromatic nitrogens is 2. The van der Waals surface area contributed by atoms with Gasteiger partial charge in [0.1, 0.15) is 0 Å². The Morgan fingerprint density at radius 1 is 1.24 bits per heavy atom. The van der Waals surface area contributed by atoms with Gasteiger partial charge in [0.05, 0.1) is 5.69 Å². The van der Waals surface area contributed by atoms with Crippen LogP contribution in [-0.2, 0) is 7.05 Å². The number of hydrogen-bond donors (Lipinski definition) is 1. The Hall–Kier alpha value is -1.85. The van der Waals surface area contributed by atoms with Gasteiger partial charge in [-0.3, -0.25) is 9.47 Å². The number of rotatable bonds is 3. The molecule has 1 aliphatic heterocycles. The largest absolute Gasteiger partial charge is 0.332 e. The highest BCUT2D eigenvalue weighted by Crippen LogP contribution is 2.36. The number of imidazole rings is 1. The first-order valence-electron chi connectivity index (χ1n) is 7.35. The summed E-state index contributed by atoms with van der Waals surface area (Å²) in [6.45, 7) is 1.73. The van der Waals surface area contributed by atoms with Crippen LogP contribution in [0.5, 0.6) is 0 Å². The average molecular weight is 286 g/mol. The van der Waals surface area contributed by atoms with Gasteiger partial charge >= 0.3 is 5.69 Å². The van der Waals surface area contributed by atoms with Crippen LogP contribution in [0.15, 0.2) is 41.5 Å². The van der Waals surface area contributed by atoms with E-state index in [-0.39, 0.29) is 5.69 Å². The van der Waals surface area contributed by atoms with Gasteiger partial charge in [0.15, 0.2) is 0 Å². The Balaban J connectivity index is 2.05. The Bertz CT molecular complexity index is 688. The highest BCUT2D eigenvalue weighted by Gasteiger charge is 2.31. The summed E-state index contributed by atoms with van der Waals surface area (Å²) in [5, 5.41) is 0. The molecule has 2 atom stereocenters. The predicted molar refractivity (Wildman–Crippen MR) is 83.5 cm³/mol. The molecule has 0 amide bonds. The third-order valence-electron chi connectivity index (χ3n) is 4.47. The van der Waals surface area contributed by atoms with Gasteiger partial charge in [0.2, 0.25) is 0 Å². The van der Waals surface area contributed by atoms with E-state index in [2.05, 4.69) is 18.0 Å². The normalized spacial score (nSPS) is 22.8. The minimum absolute atomic E-state index is 0.0153. The summed E-state index contributed by atoms with van der Waals surface area (Å²) in [6.07, 6.45) is 4.67. The summed E-state index contributed by atoms with van der Waals surface area (Å²) in [7, 11) is 3.90. The molecule has 21 heavy (non-hydrogen) atoms. The van der Waals surface area contributed by atoms with Crippen LogP contribution in [0.3, 0.4) is 0 Å². The minimum atomic E-state index is -0.0153. The Kier molecular flexibility index (Phi) is 3.69. The topological polar surface area (TPSA) is 56.2 Å². The highest BCUT2D eigenvalue weighted by atomic mass is 16.1. The van der Waals surface area contributed by atoms with E-state index in [1.54, 1.807) is 22.4 Å². The first kappa shape index (κ1) is 14.1. The van der Waals surface area contributed by atoms with Gasteiger partial charge in [-0.05, 0) is 37.6 Å². The number of aryl methyl sites for hydroxylation is 1. The molecular weight excluding hydrogens is 264 g/mol. The fourth-order valence-electron chi connectivity index (χ4n) is 3.28. The molecular formula is C16H22N4O. The summed E-state index contributed by atoms with van der Waals surface area (Å²) in [5.41, 5.74) is 7.98. The standard InChI is InChI=1S/C16H22N4O/c1-18-7-8-20(16(18)21)14-6-4-3-5-13(14)15-9-12(10-17)11-19(15)2/h3-8,12,15H,9-11,17H2,1-2H3. The molecule has 1 fully saturated rings. The second-order valence-corrected chi connectivity index (χ2v) is 5.91. The quantitative estimate of drug-likeness (QED) is 0.920. The maximum atomic E-state index is 12.2. The predicted octanol–water partition coefficient (Wildman–Crippen LogP) is 1.13. The van der Waals surface area contributed by atoms with E-state index in [0.717, 1.165) is 18.7 Å².